The first-order valence-electron chi connectivity index (χ1n) is 9.22. The molecule has 3 aromatic rings. The Hall–Kier alpha value is -2.83. The Bertz CT molecular complexity index is 1070. The van der Waals surface area contributed by atoms with Crippen molar-refractivity contribution in [3.8, 4) is 0 Å². The molecule has 0 aliphatic heterocycles. The number of benzene rings is 3. The second-order valence-corrected chi connectivity index (χ2v) is 8.55. The molecule has 0 aliphatic carbocycles. The summed E-state index contributed by atoms with van der Waals surface area (Å²) in [5.74, 6) is -0.934. The van der Waals surface area contributed by atoms with Crippen LogP contribution < -0.4 is 10.6 Å². The van der Waals surface area contributed by atoms with Crippen molar-refractivity contribution in [1.29, 1.82) is 0 Å². The fourth-order valence-electron chi connectivity index (χ4n) is 2.68. The molecule has 0 saturated heterocycles. The Morgan fingerprint density at radius 3 is 2.33 bits per heavy atom. The quantitative estimate of drug-likeness (QED) is 0.449. The first-order chi connectivity index (χ1) is 14.3. The molecule has 0 aromatic heterocycles. The zero-order chi connectivity index (χ0) is 21.7. The average Bonchev–Trinajstić information content (AvgIpc) is 2.72. The van der Waals surface area contributed by atoms with E-state index in [2.05, 4.69) is 10.6 Å². The number of hydrogen-bond donors (Lipinski definition) is 2. The predicted molar refractivity (Wildman–Crippen MR) is 121 cm³/mol. The van der Waals surface area contributed by atoms with Gasteiger partial charge in [-0.2, -0.15) is 0 Å². The van der Waals surface area contributed by atoms with E-state index in [-0.39, 0.29) is 22.1 Å². The highest BCUT2D eigenvalue weighted by molar-refractivity contribution is 8.00. The third kappa shape index (κ3) is 5.84. The average molecular weight is 443 g/mol. The number of carbonyl (C=O) groups is 2. The molecule has 0 bridgehead atoms. The Morgan fingerprint density at radius 1 is 0.967 bits per heavy atom. The number of rotatable bonds is 6. The molecule has 3 aromatic carbocycles. The van der Waals surface area contributed by atoms with E-state index in [4.69, 9.17) is 11.6 Å². The molecule has 0 spiro atoms. The monoisotopic (exact) mass is 442 g/mol. The van der Waals surface area contributed by atoms with Crippen LogP contribution in [0, 0.1) is 12.7 Å². The van der Waals surface area contributed by atoms with Gasteiger partial charge in [0.1, 0.15) is 5.82 Å². The minimum absolute atomic E-state index is 0.0450. The van der Waals surface area contributed by atoms with Crippen molar-refractivity contribution in [2.75, 3.05) is 10.6 Å². The van der Waals surface area contributed by atoms with Crippen LogP contribution in [0.25, 0.3) is 0 Å². The summed E-state index contributed by atoms with van der Waals surface area (Å²) in [6.07, 6.45) is 0. The first kappa shape index (κ1) is 21.9. The van der Waals surface area contributed by atoms with E-state index >= 15 is 0 Å². The third-order valence-electron chi connectivity index (χ3n) is 4.26. The van der Waals surface area contributed by atoms with Crippen LogP contribution in [0.15, 0.2) is 71.6 Å². The summed E-state index contributed by atoms with van der Waals surface area (Å²) in [5, 5.41) is 5.15. The van der Waals surface area contributed by atoms with Gasteiger partial charge in [-0.25, -0.2) is 4.39 Å². The normalized spacial score (nSPS) is 11.6. The lowest BCUT2D eigenvalue weighted by Gasteiger charge is -2.13. The number of thioether (sulfide) groups is 1. The molecule has 7 heteroatoms. The SMILES string of the molecule is Cc1cccc(C(=O)Nc2ccc(SC(C)C(=O)Nc3ccc(F)c(Cl)c3)cc2)c1. The highest BCUT2D eigenvalue weighted by Crippen LogP contribution is 2.26. The van der Waals surface area contributed by atoms with Crippen LogP contribution in [-0.2, 0) is 4.79 Å². The Balaban J connectivity index is 1.57. The van der Waals surface area contributed by atoms with E-state index in [1.165, 1.54) is 30.0 Å². The van der Waals surface area contributed by atoms with Crippen molar-refractivity contribution < 1.29 is 14.0 Å². The van der Waals surface area contributed by atoms with Crippen LogP contribution in [0.2, 0.25) is 5.02 Å². The van der Waals surface area contributed by atoms with Gasteiger partial charge >= 0.3 is 0 Å². The molecule has 30 heavy (non-hydrogen) atoms. The molecule has 154 valence electrons. The Labute approximate surface area is 183 Å². The second-order valence-electron chi connectivity index (χ2n) is 6.73. The van der Waals surface area contributed by atoms with Crippen LogP contribution in [-0.4, -0.2) is 17.1 Å². The largest absolute Gasteiger partial charge is 0.325 e. The van der Waals surface area contributed by atoms with Crippen molar-refractivity contribution >= 4 is 46.6 Å². The zero-order valence-electron chi connectivity index (χ0n) is 16.4. The molecule has 2 N–H and O–H groups in total. The van der Waals surface area contributed by atoms with Gasteiger partial charge in [-0.3, -0.25) is 9.59 Å². The first-order valence-corrected chi connectivity index (χ1v) is 10.5. The van der Waals surface area contributed by atoms with Crippen molar-refractivity contribution in [3.63, 3.8) is 0 Å². The molecule has 1 atom stereocenters. The highest BCUT2D eigenvalue weighted by Gasteiger charge is 2.15. The van der Waals surface area contributed by atoms with E-state index in [9.17, 15) is 14.0 Å². The number of anilines is 2. The third-order valence-corrected chi connectivity index (χ3v) is 5.66. The second kappa shape index (κ2) is 9.78. The molecule has 0 radical (unpaired) electrons. The number of halogens is 2. The van der Waals surface area contributed by atoms with Crippen molar-refractivity contribution in [1.82, 2.24) is 0 Å². The summed E-state index contributed by atoms with van der Waals surface area (Å²) in [6, 6.07) is 18.7. The van der Waals surface area contributed by atoms with E-state index in [0.717, 1.165) is 10.5 Å². The smallest absolute Gasteiger partial charge is 0.255 e. The Morgan fingerprint density at radius 2 is 1.67 bits per heavy atom. The van der Waals surface area contributed by atoms with Gasteiger partial charge in [0.25, 0.3) is 5.91 Å². The summed E-state index contributed by atoms with van der Waals surface area (Å²) in [6.45, 7) is 3.71. The molecule has 4 nitrogen and oxygen atoms in total. The summed E-state index contributed by atoms with van der Waals surface area (Å²) in [5.41, 5.74) is 2.72. The number of amides is 2. The number of hydrogen-bond acceptors (Lipinski definition) is 3. The van der Waals surface area contributed by atoms with E-state index in [1.807, 2.05) is 37.3 Å². The number of carbonyl (C=O) groups excluding carboxylic acids is 2. The maximum Gasteiger partial charge on any atom is 0.255 e. The van der Waals surface area contributed by atoms with Crippen molar-refractivity contribution in [2.24, 2.45) is 0 Å². The van der Waals surface area contributed by atoms with Crippen molar-refractivity contribution in [3.05, 3.63) is 88.7 Å². The van der Waals surface area contributed by atoms with Crippen LogP contribution in [0.5, 0.6) is 0 Å². The van der Waals surface area contributed by atoms with Gasteiger partial charge in [0.2, 0.25) is 5.91 Å². The van der Waals surface area contributed by atoms with Gasteiger partial charge in [0.05, 0.1) is 10.3 Å². The lowest BCUT2D eigenvalue weighted by molar-refractivity contribution is -0.115. The molecular weight excluding hydrogens is 423 g/mol. The van der Waals surface area contributed by atoms with Gasteiger partial charge < -0.3 is 10.6 Å². The number of nitrogens with one attached hydrogen (secondary N) is 2. The van der Waals surface area contributed by atoms with Crippen LogP contribution in [0.4, 0.5) is 15.8 Å². The Kier molecular flexibility index (Phi) is 7.13. The van der Waals surface area contributed by atoms with Crippen molar-refractivity contribution in [2.45, 2.75) is 24.0 Å². The maximum absolute atomic E-state index is 13.2. The standard InChI is InChI=1S/C23H20ClFN2O2S/c1-14-4-3-5-16(12-14)23(29)26-17-6-9-19(10-7-17)30-15(2)22(28)27-18-8-11-21(25)20(24)13-18/h3-13,15H,1-2H3,(H,26,29)(H,27,28). The summed E-state index contributed by atoms with van der Waals surface area (Å²) in [4.78, 5) is 25.6. The minimum Gasteiger partial charge on any atom is -0.325 e. The highest BCUT2D eigenvalue weighted by atomic mass is 35.5. The molecule has 0 saturated carbocycles. The summed E-state index contributed by atoms with van der Waals surface area (Å²) in [7, 11) is 0. The lowest BCUT2D eigenvalue weighted by atomic mass is 10.1. The molecule has 0 aliphatic rings. The summed E-state index contributed by atoms with van der Waals surface area (Å²) < 4.78 is 13.2. The lowest BCUT2D eigenvalue weighted by Crippen LogP contribution is -2.22. The van der Waals surface area contributed by atoms with E-state index in [1.54, 1.807) is 25.1 Å². The predicted octanol–water partition coefficient (Wildman–Crippen LogP) is 6.16. The fourth-order valence-corrected chi connectivity index (χ4v) is 3.73. The van der Waals surface area contributed by atoms with Gasteiger partial charge in [-0.15, -0.1) is 11.8 Å². The molecule has 2 amide bonds. The van der Waals surface area contributed by atoms with Gasteiger partial charge in [-0.1, -0.05) is 29.3 Å². The van der Waals surface area contributed by atoms with Gasteiger partial charge in [-0.05, 0) is 68.4 Å². The number of aryl methyl sites for hydroxylation is 1. The van der Waals surface area contributed by atoms with Gasteiger partial charge in [0, 0.05) is 21.8 Å². The van der Waals surface area contributed by atoms with Crippen LogP contribution in [0.1, 0.15) is 22.8 Å². The van der Waals surface area contributed by atoms with E-state index < -0.39 is 5.82 Å². The molecule has 0 fully saturated rings. The minimum atomic E-state index is -0.535. The molecule has 0 heterocycles. The van der Waals surface area contributed by atoms with Gasteiger partial charge in [0.15, 0.2) is 0 Å². The topological polar surface area (TPSA) is 58.2 Å². The molecule has 3 rings (SSSR count). The molecular formula is C23H20ClFN2O2S. The summed E-state index contributed by atoms with van der Waals surface area (Å²) >= 11 is 7.12. The van der Waals surface area contributed by atoms with Crippen LogP contribution >= 0.6 is 23.4 Å². The van der Waals surface area contributed by atoms with E-state index in [0.29, 0.717) is 16.9 Å². The van der Waals surface area contributed by atoms with Crippen LogP contribution in [0.3, 0.4) is 0 Å². The maximum atomic E-state index is 13.2. The zero-order valence-corrected chi connectivity index (χ0v) is 18.0. The fraction of sp³-hybridized carbons (Fsp3) is 0.130. The molecule has 1 unspecified atom stereocenters.